The Balaban J connectivity index is 1.92. The van der Waals surface area contributed by atoms with Crippen LogP contribution < -0.4 is 14.8 Å². The zero-order valence-corrected chi connectivity index (χ0v) is 12.8. The third-order valence-corrected chi connectivity index (χ3v) is 3.97. The van der Waals surface area contributed by atoms with Gasteiger partial charge < -0.3 is 19.2 Å². The standard InChI is InChI=1S/C15H16ClFN2O3/c1-20-12-6-10(16)11(17)7-13(12)22-14(9-2-3-18-8-9)15-19-4-5-21-15/h4-7,9,14,18H,2-3,8H2,1H3/t9-,14+/m1/s1. The molecule has 5 nitrogen and oxygen atoms in total. The largest absolute Gasteiger partial charge is 0.493 e. The van der Waals surface area contributed by atoms with Crippen molar-refractivity contribution < 1.29 is 18.3 Å². The van der Waals surface area contributed by atoms with E-state index in [0.717, 1.165) is 19.5 Å². The number of rotatable bonds is 5. The molecule has 1 N–H and O–H groups in total. The van der Waals surface area contributed by atoms with Gasteiger partial charge in [-0.15, -0.1) is 0 Å². The highest BCUT2D eigenvalue weighted by Crippen LogP contribution is 2.38. The van der Waals surface area contributed by atoms with Crippen molar-refractivity contribution in [2.45, 2.75) is 12.5 Å². The summed E-state index contributed by atoms with van der Waals surface area (Å²) in [5, 5.41) is 3.26. The monoisotopic (exact) mass is 326 g/mol. The van der Waals surface area contributed by atoms with Gasteiger partial charge in [-0.1, -0.05) is 11.6 Å². The number of methoxy groups -OCH3 is 1. The summed E-state index contributed by atoms with van der Waals surface area (Å²) < 4.78 is 30.3. The van der Waals surface area contributed by atoms with Crippen molar-refractivity contribution in [1.82, 2.24) is 10.3 Å². The molecule has 0 radical (unpaired) electrons. The number of nitrogens with one attached hydrogen (secondary N) is 1. The lowest BCUT2D eigenvalue weighted by molar-refractivity contribution is 0.110. The molecule has 1 aromatic heterocycles. The maximum absolute atomic E-state index is 13.7. The molecule has 2 atom stereocenters. The van der Waals surface area contributed by atoms with Gasteiger partial charge in [0.05, 0.1) is 18.3 Å². The SMILES string of the molecule is COc1cc(Cl)c(F)cc1O[C@H](c1ncco1)[C@@H]1CCNC1. The molecule has 1 fully saturated rings. The second-order valence-electron chi connectivity index (χ2n) is 5.08. The molecule has 1 saturated heterocycles. The van der Waals surface area contributed by atoms with Gasteiger partial charge in [0.15, 0.2) is 17.6 Å². The highest BCUT2D eigenvalue weighted by Gasteiger charge is 2.32. The summed E-state index contributed by atoms with van der Waals surface area (Å²) in [6, 6.07) is 2.62. The number of ether oxygens (including phenoxy) is 2. The smallest absolute Gasteiger partial charge is 0.235 e. The Morgan fingerprint density at radius 2 is 2.32 bits per heavy atom. The number of nitrogens with zero attached hydrogens (tertiary/aromatic N) is 1. The van der Waals surface area contributed by atoms with Crippen LogP contribution in [-0.4, -0.2) is 25.2 Å². The fourth-order valence-electron chi connectivity index (χ4n) is 2.56. The first-order valence-electron chi connectivity index (χ1n) is 6.99. The molecule has 0 bridgehead atoms. The molecule has 3 rings (SSSR count). The molecule has 2 aromatic rings. The highest BCUT2D eigenvalue weighted by molar-refractivity contribution is 6.30. The van der Waals surface area contributed by atoms with Gasteiger partial charge in [-0.2, -0.15) is 0 Å². The lowest BCUT2D eigenvalue weighted by atomic mass is 10.0. The molecule has 7 heteroatoms. The topological polar surface area (TPSA) is 56.5 Å². The van der Waals surface area contributed by atoms with Crippen LogP contribution in [0, 0.1) is 11.7 Å². The minimum Gasteiger partial charge on any atom is -0.493 e. The van der Waals surface area contributed by atoms with Crippen LogP contribution in [0.25, 0.3) is 0 Å². The molecular weight excluding hydrogens is 311 g/mol. The molecule has 2 heterocycles. The summed E-state index contributed by atoms with van der Waals surface area (Å²) in [6.07, 6.45) is 3.56. The molecule has 118 valence electrons. The molecule has 0 saturated carbocycles. The summed E-state index contributed by atoms with van der Waals surface area (Å²) in [5.74, 6) is 0.731. The zero-order valence-electron chi connectivity index (χ0n) is 12.0. The molecule has 0 amide bonds. The second-order valence-corrected chi connectivity index (χ2v) is 5.49. The lowest BCUT2D eigenvalue weighted by Gasteiger charge is -2.22. The van der Waals surface area contributed by atoms with E-state index in [-0.39, 0.29) is 16.7 Å². The van der Waals surface area contributed by atoms with Gasteiger partial charge in [-0.05, 0) is 13.0 Å². The average molecular weight is 327 g/mol. The quantitative estimate of drug-likeness (QED) is 0.914. The first kappa shape index (κ1) is 15.1. The van der Waals surface area contributed by atoms with Crippen molar-refractivity contribution in [3.8, 4) is 11.5 Å². The van der Waals surface area contributed by atoms with E-state index in [1.54, 1.807) is 6.20 Å². The van der Waals surface area contributed by atoms with Crippen molar-refractivity contribution in [2.24, 2.45) is 5.92 Å². The van der Waals surface area contributed by atoms with Gasteiger partial charge in [0.1, 0.15) is 12.1 Å². The van der Waals surface area contributed by atoms with Crippen molar-refractivity contribution in [3.05, 3.63) is 41.3 Å². The minimum absolute atomic E-state index is 0.0144. The van der Waals surface area contributed by atoms with Crippen molar-refractivity contribution in [1.29, 1.82) is 0 Å². The van der Waals surface area contributed by atoms with Gasteiger partial charge in [0, 0.05) is 24.6 Å². The lowest BCUT2D eigenvalue weighted by Crippen LogP contribution is -2.22. The van der Waals surface area contributed by atoms with Crippen molar-refractivity contribution in [3.63, 3.8) is 0 Å². The van der Waals surface area contributed by atoms with Crippen LogP contribution in [0.1, 0.15) is 18.4 Å². The van der Waals surface area contributed by atoms with E-state index in [2.05, 4.69) is 10.3 Å². The van der Waals surface area contributed by atoms with Crippen LogP contribution in [0.4, 0.5) is 4.39 Å². The Labute approximate surface area is 132 Å². The minimum atomic E-state index is -0.562. The third-order valence-electron chi connectivity index (χ3n) is 3.68. The first-order chi connectivity index (χ1) is 10.7. The van der Waals surface area contributed by atoms with E-state index < -0.39 is 11.9 Å². The Morgan fingerprint density at radius 3 is 2.95 bits per heavy atom. The molecule has 0 spiro atoms. The number of aromatic nitrogens is 1. The zero-order chi connectivity index (χ0) is 15.5. The number of hydrogen-bond donors (Lipinski definition) is 1. The van der Waals surface area contributed by atoms with E-state index in [9.17, 15) is 4.39 Å². The summed E-state index contributed by atoms with van der Waals surface area (Å²) >= 11 is 5.78. The fourth-order valence-corrected chi connectivity index (χ4v) is 2.71. The van der Waals surface area contributed by atoms with Gasteiger partial charge in [-0.25, -0.2) is 9.37 Å². The molecule has 22 heavy (non-hydrogen) atoms. The summed E-state index contributed by atoms with van der Waals surface area (Å²) in [7, 11) is 1.48. The van der Waals surface area contributed by atoms with Crippen LogP contribution in [0.15, 0.2) is 29.0 Å². The Hall–Kier alpha value is -1.79. The van der Waals surface area contributed by atoms with Crippen LogP contribution in [0.2, 0.25) is 5.02 Å². The van der Waals surface area contributed by atoms with Gasteiger partial charge in [0.25, 0.3) is 0 Å². The maximum Gasteiger partial charge on any atom is 0.235 e. The van der Waals surface area contributed by atoms with Crippen molar-refractivity contribution >= 4 is 11.6 Å². The van der Waals surface area contributed by atoms with E-state index >= 15 is 0 Å². The number of hydrogen-bond acceptors (Lipinski definition) is 5. The van der Waals surface area contributed by atoms with Gasteiger partial charge in [0.2, 0.25) is 5.89 Å². The fraction of sp³-hybridized carbons (Fsp3) is 0.400. The van der Waals surface area contributed by atoms with E-state index in [0.29, 0.717) is 11.6 Å². The third kappa shape index (κ3) is 3.03. The van der Waals surface area contributed by atoms with E-state index in [1.165, 1.54) is 25.5 Å². The first-order valence-corrected chi connectivity index (χ1v) is 7.36. The highest BCUT2D eigenvalue weighted by atomic mass is 35.5. The van der Waals surface area contributed by atoms with Crippen LogP contribution >= 0.6 is 11.6 Å². The number of halogens is 2. The normalized spacial score (nSPS) is 19.1. The predicted molar refractivity (Wildman–Crippen MR) is 78.8 cm³/mol. The molecule has 0 aliphatic carbocycles. The molecule has 1 aliphatic rings. The molecule has 1 aromatic carbocycles. The summed E-state index contributed by atoms with van der Waals surface area (Å²) in [5.41, 5.74) is 0. The van der Waals surface area contributed by atoms with Crippen molar-refractivity contribution in [2.75, 3.05) is 20.2 Å². The summed E-state index contributed by atoms with van der Waals surface area (Å²) in [6.45, 7) is 1.68. The van der Waals surface area contributed by atoms with Crippen LogP contribution in [0.5, 0.6) is 11.5 Å². The van der Waals surface area contributed by atoms with E-state index in [1.807, 2.05) is 0 Å². The molecule has 1 aliphatic heterocycles. The Kier molecular flexibility index (Phi) is 4.49. The van der Waals surface area contributed by atoms with Gasteiger partial charge >= 0.3 is 0 Å². The van der Waals surface area contributed by atoms with E-state index in [4.69, 9.17) is 25.5 Å². The second kappa shape index (κ2) is 6.54. The predicted octanol–water partition coefficient (Wildman–Crippen LogP) is 3.21. The Morgan fingerprint density at radius 1 is 1.45 bits per heavy atom. The molecule has 0 unspecified atom stereocenters. The average Bonchev–Trinajstić information content (AvgIpc) is 3.21. The maximum atomic E-state index is 13.7. The Bertz CT molecular complexity index is 630. The number of oxazole rings is 1. The van der Waals surface area contributed by atoms with Crippen LogP contribution in [-0.2, 0) is 0 Å². The summed E-state index contributed by atoms with van der Waals surface area (Å²) in [4.78, 5) is 4.17. The number of benzene rings is 1. The van der Waals surface area contributed by atoms with Crippen LogP contribution in [0.3, 0.4) is 0 Å². The van der Waals surface area contributed by atoms with Gasteiger partial charge in [-0.3, -0.25) is 0 Å². The molecular formula is C15H16ClFN2O3.